The first kappa shape index (κ1) is 12.7. The minimum atomic E-state index is 0.592. The summed E-state index contributed by atoms with van der Waals surface area (Å²) in [6.45, 7) is 7.40. The van der Waals surface area contributed by atoms with Crippen molar-refractivity contribution in [3.63, 3.8) is 0 Å². The fourth-order valence-electron chi connectivity index (χ4n) is 1.90. The predicted octanol–water partition coefficient (Wildman–Crippen LogP) is 2.24. The van der Waals surface area contributed by atoms with Gasteiger partial charge in [0.2, 0.25) is 5.95 Å². The summed E-state index contributed by atoms with van der Waals surface area (Å²) in [4.78, 5) is 4.36. The molecule has 2 aromatic heterocycles. The number of rotatable bonds is 5. The molecule has 0 saturated heterocycles. The number of aryl methyl sites for hydroxylation is 2. The fourth-order valence-corrected chi connectivity index (χ4v) is 1.90. The van der Waals surface area contributed by atoms with Crippen molar-refractivity contribution in [2.75, 3.05) is 11.9 Å². The van der Waals surface area contributed by atoms with Gasteiger partial charge in [0.15, 0.2) is 0 Å². The number of aromatic nitrogens is 4. The molecule has 2 heterocycles. The van der Waals surface area contributed by atoms with Gasteiger partial charge in [-0.2, -0.15) is 5.10 Å². The third kappa shape index (κ3) is 2.55. The number of hydrogen-bond acceptors (Lipinski definition) is 3. The van der Waals surface area contributed by atoms with E-state index in [-0.39, 0.29) is 0 Å². The molecular weight excluding hydrogens is 226 g/mol. The molecule has 18 heavy (non-hydrogen) atoms. The Kier molecular flexibility index (Phi) is 3.69. The smallest absolute Gasteiger partial charge is 0.207 e. The summed E-state index contributed by atoms with van der Waals surface area (Å²) >= 11 is 0. The molecule has 0 unspecified atom stereocenters. The van der Waals surface area contributed by atoms with E-state index < -0.39 is 0 Å². The molecule has 0 aliphatic heterocycles. The van der Waals surface area contributed by atoms with E-state index in [0.29, 0.717) is 5.92 Å². The van der Waals surface area contributed by atoms with Crippen molar-refractivity contribution in [3.05, 3.63) is 24.3 Å². The van der Waals surface area contributed by atoms with Gasteiger partial charge in [0.05, 0.1) is 11.4 Å². The summed E-state index contributed by atoms with van der Waals surface area (Å²) in [5.41, 5.74) is 2.19. The highest BCUT2D eigenvalue weighted by Crippen LogP contribution is 2.18. The number of hydrogen-bond donors (Lipinski definition) is 1. The van der Waals surface area contributed by atoms with Crippen LogP contribution >= 0.6 is 0 Å². The molecule has 2 aromatic rings. The van der Waals surface area contributed by atoms with Crippen LogP contribution in [0.2, 0.25) is 0 Å². The lowest BCUT2D eigenvalue weighted by atomic mass is 10.2. The molecule has 0 aliphatic carbocycles. The van der Waals surface area contributed by atoms with Crippen molar-refractivity contribution in [2.24, 2.45) is 13.0 Å². The molecule has 5 heteroatoms. The van der Waals surface area contributed by atoms with Crippen LogP contribution in [0.15, 0.2) is 18.6 Å². The molecule has 2 rings (SSSR count). The molecular formula is C13H21N5. The van der Waals surface area contributed by atoms with Crippen molar-refractivity contribution < 1.29 is 0 Å². The molecule has 0 aromatic carbocycles. The molecule has 5 nitrogen and oxygen atoms in total. The van der Waals surface area contributed by atoms with Crippen LogP contribution in [0.4, 0.5) is 5.95 Å². The predicted molar refractivity (Wildman–Crippen MR) is 73.0 cm³/mol. The minimum Gasteiger partial charge on any atom is -0.355 e. The van der Waals surface area contributed by atoms with Gasteiger partial charge in [0.25, 0.3) is 0 Å². The van der Waals surface area contributed by atoms with Crippen LogP contribution in [0.3, 0.4) is 0 Å². The summed E-state index contributed by atoms with van der Waals surface area (Å²) in [7, 11) is 1.95. The van der Waals surface area contributed by atoms with Crippen LogP contribution in [0.5, 0.6) is 0 Å². The molecule has 0 amide bonds. The van der Waals surface area contributed by atoms with Gasteiger partial charge in [-0.3, -0.25) is 9.25 Å². The quantitative estimate of drug-likeness (QED) is 0.881. The molecule has 0 saturated carbocycles. The van der Waals surface area contributed by atoms with E-state index in [2.05, 4.69) is 40.7 Å². The lowest BCUT2D eigenvalue weighted by Gasteiger charge is -2.10. The van der Waals surface area contributed by atoms with E-state index >= 15 is 0 Å². The summed E-state index contributed by atoms with van der Waals surface area (Å²) in [5, 5.41) is 7.83. The van der Waals surface area contributed by atoms with Crippen LogP contribution in [0.25, 0.3) is 5.69 Å². The first-order chi connectivity index (χ1) is 8.61. The van der Waals surface area contributed by atoms with Crippen LogP contribution in [0, 0.1) is 5.92 Å². The van der Waals surface area contributed by atoms with Crippen molar-refractivity contribution in [3.8, 4) is 5.69 Å². The number of imidazole rings is 1. The molecule has 0 radical (unpaired) electrons. The van der Waals surface area contributed by atoms with Crippen molar-refractivity contribution in [2.45, 2.75) is 27.2 Å². The third-order valence-electron chi connectivity index (χ3n) is 2.79. The van der Waals surface area contributed by atoms with E-state index in [4.69, 9.17) is 0 Å². The van der Waals surface area contributed by atoms with Crippen LogP contribution in [-0.4, -0.2) is 25.9 Å². The number of nitrogens with zero attached hydrogens (tertiary/aromatic N) is 4. The van der Waals surface area contributed by atoms with E-state index in [0.717, 1.165) is 30.3 Å². The normalized spacial score (nSPS) is 11.2. The SMILES string of the molecule is CCc1nn(C)cc1-n1ccnc1NCC(C)C. The Morgan fingerprint density at radius 3 is 2.83 bits per heavy atom. The maximum absolute atomic E-state index is 4.46. The van der Waals surface area contributed by atoms with Gasteiger partial charge in [-0.1, -0.05) is 20.8 Å². The summed E-state index contributed by atoms with van der Waals surface area (Å²) in [6.07, 6.45) is 6.73. The maximum Gasteiger partial charge on any atom is 0.207 e. The minimum absolute atomic E-state index is 0.592. The molecule has 0 fully saturated rings. The zero-order chi connectivity index (χ0) is 13.1. The zero-order valence-electron chi connectivity index (χ0n) is 11.5. The Balaban J connectivity index is 2.30. The first-order valence-electron chi connectivity index (χ1n) is 6.42. The Hall–Kier alpha value is -1.78. The number of anilines is 1. The molecule has 98 valence electrons. The Morgan fingerprint density at radius 1 is 1.39 bits per heavy atom. The molecule has 0 aliphatic rings. The average Bonchev–Trinajstić information content (AvgIpc) is 2.91. The average molecular weight is 247 g/mol. The van der Waals surface area contributed by atoms with E-state index in [1.807, 2.05) is 30.3 Å². The van der Waals surface area contributed by atoms with Crippen molar-refractivity contribution in [1.82, 2.24) is 19.3 Å². The highest BCUT2D eigenvalue weighted by Gasteiger charge is 2.11. The molecule has 1 N–H and O–H groups in total. The van der Waals surface area contributed by atoms with E-state index in [1.54, 1.807) is 0 Å². The van der Waals surface area contributed by atoms with Gasteiger partial charge in [0, 0.05) is 32.2 Å². The highest BCUT2D eigenvalue weighted by atomic mass is 15.3. The Morgan fingerprint density at radius 2 is 2.17 bits per heavy atom. The molecule has 0 bridgehead atoms. The van der Waals surface area contributed by atoms with E-state index in [9.17, 15) is 0 Å². The van der Waals surface area contributed by atoms with Gasteiger partial charge in [-0.15, -0.1) is 0 Å². The number of nitrogens with one attached hydrogen (secondary N) is 1. The first-order valence-corrected chi connectivity index (χ1v) is 6.42. The second-order valence-electron chi connectivity index (χ2n) is 4.88. The maximum atomic E-state index is 4.46. The van der Waals surface area contributed by atoms with E-state index in [1.165, 1.54) is 0 Å². The standard InChI is InChI=1S/C13H21N5/c1-5-11-12(9-17(4)16-11)18-7-6-14-13(18)15-8-10(2)3/h6-7,9-10H,5,8H2,1-4H3,(H,14,15). The third-order valence-corrected chi connectivity index (χ3v) is 2.79. The van der Waals surface area contributed by atoms with Gasteiger partial charge < -0.3 is 5.32 Å². The van der Waals surface area contributed by atoms with Crippen LogP contribution in [0.1, 0.15) is 26.5 Å². The van der Waals surface area contributed by atoms with Gasteiger partial charge >= 0.3 is 0 Å². The Labute approximate surface area is 108 Å². The van der Waals surface area contributed by atoms with Crippen LogP contribution < -0.4 is 5.32 Å². The van der Waals surface area contributed by atoms with Crippen molar-refractivity contribution in [1.29, 1.82) is 0 Å². The van der Waals surface area contributed by atoms with Crippen molar-refractivity contribution >= 4 is 5.95 Å². The Bertz CT molecular complexity index is 509. The summed E-state index contributed by atoms with van der Waals surface area (Å²) < 4.78 is 3.91. The lowest BCUT2D eigenvalue weighted by molar-refractivity contribution is 0.683. The zero-order valence-corrected chi connectivity index (χ0v) is 11.5. The largest absolute Gasteiger partial charge is 0.355 e. The van der Waals surface area contributed by atoms with Gasteiger partial charge in [-0.05, 0) is 12.3 Å². The lowest BCUT2D eigenvalue weighted by Crippen LogP contribution is -2.12. The van der Waals surface area contributed by atoms with Crippen LogP contribution in [-0.2, 0) is 13.5 Å². The topological polar surface area (TPSA) is 47.7 Å². The monoisotopic (exact) mass is 247 g/mol. The second kappa shape index (κ2) is 5.25. The molecule has 0 spiro atoms. The molecule has 0 atom stereocenters. The summed E-state index contributed by atoms with van der Waals surface area (Å²) in [5.74, 6) is 1.47. The van der Waals surface area contributed by atoms with Gasteiger partial charge in [-0.25, -0.2) is 4.98 Å². The second-order valence-corrected chi connectivity index (χ2v) is 4.88. The van der Waals surface area contributed by atoms with Gasteiger partial charge in [0.1, 0.15) is 0 Å². The highest BCUT2D eigenvalue weighted by molar-refractivity contribution is 5.43. The summed E-state index contributed by atoms with van der Waals surface area (Å²) in [6, 6.07) is 0. The fraction of sp³-hybridized carbons (Fsp3) is 0.538.